The molecule has 0 aliphatic carbocycles. The summed E-state index contributed by atoms with van der Waals surface area (Å²) in [4.78, 5) is 29.9. The van der Waals surface area contributed by atoms with Crippen LogP contribution in [0.4, 0.5) is 4.39 Å². The lowest BCUT2D eigenvalue weighted by molar-refractivity contribution is -0.136. The van der Waals surface area contributed by atoms with E-state index in [1.165, 1.54) is 29.7 Å². The van der Waals surface area contributed by atoms with Gasteiger partial charge < -0.3 is 9.80 Å². The van der Waals surface area contributed by atoms with Crippen molar-refractivity contribution in [3.05, 3.63) is 46.5 Å². The molecular formula is C23H28ClFN4O2. The van der Waals surface area contributed by atoms with Crippen molar-refractivity contribution in [2.75, 3.05) is 26.2 Å². The SMILES string of the molecule is Cc1nn(-c2ccc(F)cc2)c(Cl)c1C(=O)N1CCC(C(=O)N2CCCCCC2)CC1. The zero-order chi connectivity index (χ0) is 22.0. The van der Waals surface area contributed by atoms with E-state index >= 15 is 0 Å². The van der Waals surface area contributed by atoms with Crippen LogP contribution in [0.2, 0.25) is 5.15 Å². The maximum atomic E-state index is 13.2. The van der Waals surface area contributed by atoms with E-state index in [4.69, 9.17) is 11.6 Å². The van der Waals surface area contributed by atoms with Gasteiger partial charge >= 0.3 is 0 Å². The molecule has 2 saturated heterocycles. The van der Waals surface area contributed by atoms with Gasteiger partial charge in [0.25, 0.3) is 5.91 Å². The first-order chi connectivity index (χ1) is 15.0. The molecule has 2 amide bonds. The molecular weight excluding hydrogens is 419 g/mol. The molecule has 4 rings (SSSR count). The maximum Gasteiger partial charge on any atom is 0.258 e. The largest absolute Gasteiger partial charge is 0.342 e. The van der Waals surface area contributed by atoms with E-state index in [0.717, 1.165) is 25.9 Å². The van der Waals surface area contributed by atoms with Crippen molar-refractivity contribution in [2.24, 2.45) is 5.92 Å². The molecule has 166 valence electrons. The lowest BCUT2D eigenvalue weighted by Crippen LogP contribution is -2.44. The van der Waals surface area contributed by atoms with Crippen molar-refractivity contribution in [1.29, 1.82) is 0 Å². The summed E-state index contributed by atoms with van der Waals surface area (Å²) in [6.07, 6.45) is 5.90. The van der Waals surface area contributed by atoms with E-state index in [1.807, 2.05) is 4.90 Å². The second kappa shape index (κ2) is 9.39. The van der Waals surface area contributed by atoms with E-state index in [1.54, 1.807) is 24.0 Å². The Kier molecular flexibility index (Phi) is 6.60. The molecule has 1 aromatic heterocycles. The number of piperidine rings is 1. The first kappa shape index (κ1) is 21.8. The molecule has 3 heterocycles. The molecule has 2 fully saturated rings. The normalized spacial score (nSPS) is 18.2. The van der Waals surface area contributed by atoms with Gasteiger partial charge in [-0.25, -0.2) is 9.07 Å². The third-order valence-electron chi connectivity index (χ3n) is 6.34. The Hall–Kier alpha value is -2.41. The summed E-state index contributed by atoms with van der Waals surface area (Å²) in [6.45, 7) is 4.51. The van der Waals surface area contributed by atoms with Gasteiger partial charge in [-0.05, 0) is 56.9 Å². The number of aromatic nitrogens is 2. The minimum Gasteiger partial charge on any atom is -0.342 e. The number of aryl methyl sites for hydroxylation is 1. The summed E-state index contributed by atoms with van der Waals surface area (Å²) in [6, 6.07) is 5.80. The van der Waals surface area contributed by atoms with Crippen molar-refractivity contribution in [3.63, 3.8) is 0 Å². The number of benzene rings is 1. The predicted molar refractivity (Wildman–Crippen MR) is 117 cm³/mol. The number of likely N-dealkylation sites (tertiary alicyclic amines) is 2. The van der Waals surface area contributed by atoms with Crippen LogP contribution in [0.1, 0.15) is 54.6 Å². The van der Waals surface area contributed by atoms with Gasteiger partial charge in [0.2, 0.25) is 5.91 Å². The number of nitrogens with zero attached hydrogens (tertiary/aromatic N) is 4. The highest BCUT2D eigenvalue weighted by molar-refractivity contribution is 6.33. The second-order valence-electron chi connectivity index (χ2n) is 8.45. The summed E-state index contributed by atoms with van der Waals surface area (Å²) in [5.74, 6) is -0.290. The summed E-state index contributed by atoms with van der Waals surface area (Å²) in [5.41, 5.74) is 1.49. The Bertz CT molecular complexity index is 943. The molecule has 0 spiro atoms. The van der Waals surface area contributed by atoms with Crippen molar-refractivity contribution in [2.45, 2.75) is 45.4 Å². The first-order valence-electron chi connectivity index (χ1n) is 11.0. The van der Waals surface area contributed by atoms with Gasteiger partial charge in [0.05, 0.1) is 16.9 Å². The van der Waals surface area contributed by atoms with Gasteiger partial charge in [-0.2, -0.15) is 5.10 Å². The van der Waals surface area contributed by atoms with Crippen LogP contribution in [0.5, 0.6) is 0 Å². The maximum absolute atomic E-state index is 13.2. The Morgan fingerprint density at radius 2 is 1.58 bits per heavy atom. The van der Waals surface area contributed by atoms with Crippen LogP contribution >= 0.6 is 11.6 Å². The Labute approximate surface area is 187 Å². The molecule has 2 aromatic rings. The molecule has 0 atom stereocenters. The van der Waals surface area contributed by atoms with Crippen LogP contribution in [0.25, 0.3) is 5.69 Å². The lowest BCUT2D eigenvalue weighted by atomic mass is 9.94. The third-order valence-corrected chi connectivity index (χ3v) is 6.69. The minimum absolute atomic E-state index is 0.0133. The van der Waals surface area contributed by atoms with Crippen LogP contribution in [-0.2, 0) is 4.79 Å². The average Bonchev–Trinajstić information content (AvgIpc) is 2.95. The molecule has 31 heavy (non-hydrogen) atoms. The summed E-state index contributed by atoms with van der Waals surface area (Å²) >= 11 is 6.51. The van der Waals surface area contributed by atoms with E-state index < -0.39 is 0 Å². The smallest absolute Gasteiger partial charge is 0.258 e. The fourth-order valence-corrected chi connectivity index (χ4v) is 4.89. The monoisotopic (exact) mass is 446 g/mol. The van der Waals surface area contributed by atoms with Crippen molar-refractivity contribution in [1.82, 2.24) is 19.6 Å². The van der Waals surface area contributed by atoms with Gasteiger partial charge in [0, 0.05) is 32.1 Å². The van der Waals surface area contributed by atoms with Crippen LogP contribution in [0.3, 0.4) is 0 Å². The van der Waals surface area contributed by atoms with Crippen molar-refractivity contribution < 1.29 is 14.0 Å². The zero-order valence-electron chi connectivity index (χ0n) is 17.8. The Balaban J connectivity index is 1.43. The van der Waals surface area contributed by atoms with E-state index in [9.17, 15) is 14.0 Å². The molecule has 0 radical (unpaired) electrons. The number of hydrogen-bond acceptors (Lipinski definition) is 3. The molecule has 6 nitrogen and oxygen atoms in total. The third kappa shape index (κ3) is 4.61. The lowest BCUT2D eigenvalue weighted by Gasteiger charge is -2.34. The van der Waals surface area contributed by atoms with Gasteiger partial charge in [0.15, 0.2) is 0 Å². The number of halogens is 2. The van der Waals surface area contributed by atoms with Crippen LogP contribution in [0.15, 0.2) is 24.3 Å². The van der Waals surface area contributed by atoms with E-state index in [2.05, 4.69) is 5.10 Å². The molecule has 1 aromatic carbocycles. The highest BCUT2D eigenvalue weighted by Gasteiger charge is 2.33. The standard InChI is InChI=1S/C23H28ClFN4O2/c1-16-20(21(24)29(26-16)19-8-6-18(25)7-9-19)23(31)28-14-10-17(11-15-28)22(30)27-12-4-2-3-5-13-27/h6-9,17H,2-5,10-15H2,1H3. The predicted octanol–water partition coefficient (Wildman–Crippen LogP) is 4.23. The quantitative estimate of drug-likeness (QED) is 0.709. The fraction of sp³-hybridized carbons (Fsp3) is 0.522. The Morgan fingerprint density at radius 3 is 2.19 bits per heavy atom. The van der Waals surface area contributed by atoms with Gasteiger partial charge in [0.1, 0.15) is 11.0 Å². The summed E-state index contributed by atoms with van der Waals surface area (Å²) in [7, 11) is 0. The number of rotatable bonds is 3. The average molecular weight is 447 g/mol. The van der Waals surface area contributed by atoms with Crippen LogP contribution < -0.4 is 0 Å². The summed E-state index contributed by atoms with van der Waals surface area (Å²) < 4.78 is 14.7. The van der Waals surface area contributed by atoms with Crippen molar-refractivity contribution >= 4 is 23.4 Å². The zero-order valence-corrected chi connectivity index (χ0v) is 18.6. The van der Waals surface area contributed by atoms with E-state index in [-0.39, 0.29) is 28.7 Å². The highest BCUT2D eigenvalue weighted by Crippen LogP contribution is 2.28. The number of amides is 2. The second-order valence-corrected chi connectivity index (χ2v) is 8.80. The molecule has 0 bridgehead atoms. The fourth-order valence-electron chi connectivity index (χ4n) is 4.53. The highest BCUT2D eigenvalue weighted by atomic mass is 35.5. The minimum atomic E-state index is -0.349. The van der Waals surface area contributed by atoms with E-state index in [0.29, 0.717) is 42.9 Å². The summed E-state index contributed by atoms with van der Waals surface area (Å²) in [5, 5.41) is 4.61. The van der Waals surface area contributed by atoms with Crippen LogP contribution in [-0.4, -0.2) is 57.6 Å². The Morgan fingerprint density at radius 1 is 0.968 bits per heavy atom. The number of hydrogen-bond donors (Lipinski definition) is 0. The molecule has 8 heteroatoms. The molecule has 2 aliphatic rings. The molecule has 0 saturated carbocycles. The van der Waals surface area contributed by atoms with Gasteiger partial charge in [-0.15, -0.1) is 0 Å². The molecule has 2 aliphatic heterocycles. The number of carbonyl (C=O) groups is 2. The topological polar surface area (TPSA) is 58.4 Å². The van der Waals surface area contributed by atoms with Crippen LogP contribution in [0, 0.1) is 18.7 Å². The molecule has 0 unspecified atom stereocenters. The van der Waals surface area contributed by atoms with Gasteiger partial charge in [-0.3, -0.25) is 9.59 Å². The van der Waals surface area contributed by atoms with Crippen molar-refractivity contribution in [3.8, 4) is 5.69 Å². The molecule has 0 N–H and O–H groups in total. The first-order valence-corrected chi connectivity index (χ1v) is 11.4. The number of carbonyl (C=O) groups excluding carboxylic acids is 2. The van der Waals surface area contributed by atoms with Gasteiger partial charge in [-0.1, -0.05) is 24.4 Å².